The fourth-order valence-corrected chi connectivity index (χ4v) is 2.70. The van der Waals surface area contributed by atoms with Crippen LogP contribution in [0.25, 0.3) is 0 Å². The fourth-order valence-electron chi connectivity index (χ4n) is 2.70. The number of rotatable bonds is 5. The highest BCUT2D eigenvalue weighted by Gasteiger charge is 2.33. The summed E-state index contributed by atoms with van der Waals surface area (Å²) in [7, 11) is 0. The summed E-state index contributed by atoms with van der Waals surface area (Å²) in [5.41, 5.74) is 1.49. The molecule has 0 bridgehead atoms. The number of hydrogen-bond donors (Lipinski definition) is 2. The van der Waals surface area contributed by atoms with Gasteiger partial charge < -0.3 is 15.5 Å². The Morgan fingerprint density at radius 3 is 2.33 bits per heavy atom. The van der Waals surface area contributed by atoms with E-state index in [0.29, 0.717) is 29.9 Å². The summed E-state index contributed by atoms with van der Waals surface area (Å²) in [5.74, 6) is -0.173. The molecule has 1 atom stereocenters. The second-order valence-corrected chi connectivity index (χ2v) is 5.40. The van der Waals surface area contributed by atoms with Gasteiger partial charge in [0, 0.05) is 30.9 Å². The first-order valence-corrected chi connectivity index (χ1v) is 7.70. The molecule has 1 aliphatic rings. The number of allylic oxidation sites excluding steroid dienone is 1. The Morgan fingerprint density at radius 2 is 1.83 bits per heavy atom. The third-order valence-corrected chi connectivity index (χ3v) is 3.99. The van der Waals surface area contributed by atoms with Gasteiger partial charge in [0.05, 0.1) is 16.5 Å². The molecule has 24 heavy (non-hydrogen) atoms. The van der Waals surface area contributed by atoms with Crippen molar-refractivity contribution < 1.29 is 14.5 Å². The van der Waals surface area contributed by atoms with E-state index in [0.717, 1.165) is 0 Å². The summed E-state index contributed by atoms with van der Waals surface area (Å²) < 4.78 is 0. The number of benzene rings is 1. The lowest BCUT2D eigenvalue weighted by atomic mass is 9.94. The predicted molar refractivity (Wildman–Crippen MR) is 88.1 cm³/mol. The van der Waals surface area contributed by atoms with Gasteiger partial charge in [-0.3, -0.25) is 14.9 Å². The minimum absolute atomic E-state index is 0.0451. The zero-order valence-electron chi connectivity index (χ0n) is 13.8. The number of hydrogen-bond acceptors (Lipinski definition) is 4. The second-order valence-electron chi connectivity index (χ2n) is 5.40. The number of amides is 3. The highest BCUT2D eigenvalue weighted by molar-refractivity contribution is 5.98. The molecule has 128 valence electrons. The normalized spacial score (nSPS) is 17.1. The molecule has 0 saturated carbocycles. The third-order valence-electron chi connectivity index (χ3n) is 3.99. The smallest absolute Gasteiger partial charge is 0.319 e. The highest BCUT2D eigenvalue weighted by Crippen LogP contribution is 2.29. The van der Waals surface area contributed by atoms with Crippen molar-refractivity contribution in [2.75, 3.05) is 13.1 Å². The average Bonchev–Trinajstić information content (AvgIpc) is 2.55. The first kappa shape index (κ1) is 17.5. The van der Waals surface area contributed by atoms with Crippen molar-refractivity contribution in [3.05, 3.63) is 51.2 Å². The first-order valence-electron chi connectivity index (χ1n) is 7.70. The Kier molecular flexibility index (Phi) is 5.18. The van der Waals surface area contributed by atoms with Crippen LogP contribution in [0.5, 0.6) is 0 Å². The molecule has 0 saturated heterocycles. The van der Waals surface area contributed by atoms with E-state index >= 15 is 0 Å². The van der Waals surface area contributed by atoms with Crippen LogP contribution in [-0.2, 0) is 4.79 Å². The van der Waals surface area contributed by atoms with E-state index in [9.17, 15) is 19.7 Å². The molecule has 1 aromatic rings. The molecule has 8 nitrogen and oxygen atoms in total. The van der Waals surface area contributed by atoms with Gasteiger partial charge in [-0.15, -0.1) is 0 Å². The van der Waals surface area contributed by atoms with Crippen molar-refractivity contribution in [1.82, 2.24) is 15.5 Å². The van der Waals surface area contributed by atoms with E-state index in [4.69, 9.17) is 0 Å². The quantitative estimate of drug-likeness (QED) is 0.636. The Bertz CT molecular complexity index is 693. The van der Waals surface area contributed by atoms with Crippen LogP contribution in [0, 0.1) is 10.1 Å². The number of likely N-dealkylation sites (N-methyl/N-ethyl adjacent to an activating group) is 1. The lowest BCUT2D eigenvalue weighted by Gasteiger charge is -2.31. The molecule has 8 heteroatoms. The van der Waals surface area contributed by atoms with E-state index in [2.05, 4.69) is 10.6 Å². The molecule has 2 N–H and O–H groups in total. The van der Waals surface area contributed by atoms with Gasteiger partial charge >= 0.3 is 6.03 Å². The van der Waals surface area contributed by atoms with Crippen molar-refractivity contribution >= 4 is 17.6 Å². The summed E-state index contributed by atoms with van der Waals surface area (Å²) in [4.78, 5) is 36.6. The summed E-state index contributed by atoms with van der Waals surface area (Å²) in [6.07, 6.45) is 0. The Hall–Kier alpha value is -2.90. The zero-order valence-corrected chi connectivity index (χ0v) is 13.8. The third kappa shape index (κ3) is 3.37. The van der Waals surface area contributed by atoms with Crippen LogP contribution in [0.1, 0.15) is 32.4 Å². The minimum atomic E-state index is -0.646. The molecule has 1 aliphatic heterocycles. The second kappa shape index (κ2) is 7.12. The summed E-state index contributed by atoms with van der Waals surface area (Å²) in [6.45, 7) is 6.54. The van der Waals surface area contributed by atoms with E-state index in [1.54, 1.807) is 24.0 Å². The molecular weight excluding hydrogens is 312 g/mol. The topological polar surface area (TPSA) is 105 Å². The van der Waals surface area contributed by atoms with Crippen LogP contribution in [0.2, 0.25) is 0 Å². The maximum absolute atomic E-state index is 12.8. The maximum atomic E-state index is 12.8. The van der Waals surface area contributed by atoms with Crippen LogP contribution in [0.15, 0.2) is 35.5 Å². The zero-order chi connectivity index (χ0) is 17.9. The predicted octanol–water partition coefficient (Wildman–Crippen LogP) is 2.09. The standard InChI is InChI=1S/C16H20N4O4/c1-4-19(5-2)15(21)13-10(3)17-16(22)18-14(13)11-6-8-12(9-7-11)20(23)24/h6-9,14H,4-5H2,1-3H3,(H2,17,18,22)/t14-/m0/s1. The molecule has 1 aromatic carbocycles. The summed E-state index contributed by atoms with van der Waals surface area (Å²) in [6, 6.07) is 4.77. The average molecular weight is 332 g/mol. The molecule has 0 aliphatic carbocycles. The van der Waals surface area contributed by atoms with Gasteiger partial charge in [0.15, 0.2) is 0 Å². The number of carbonyl (C=O) groups excluding carboxylic acids is 2. The largest absolute Gasteiger partial charge is 0.339 e. The van der Waals surface area contributed by atoms with Crippen molar-refractivity contribution in [3.63, 3.8) is 0 Å². The first-order chi connectivity index (χ1) is 11.4. The van der Waals surface area contributed by atoms with Gasteiger partial charge in [-0.25, -0.2) is 4.79 Å². The lowest BCUT2D eigenvalue weighted by molar-refractivity contribution is -0.384. The van der Waals surface area contributed by atoms with Crippen LogP contribution < -0.4 is 10.6 Å². The number of nitro benzene ring substituents is 1. The van der Waals surface area contributed by atoms with Gasteiger partial charge in [0.2, 0.25) is 0 Å². The van der Waals surface area contributed by atoms with E-state index in [1.165, 1.54) is 12.1 Å². The van der Waals surface area contributed by atoms with Gasteiger partial charge in [-0.05, 0) is 38.5 Å². The van der Waals surface area contributed by atoms with Crippen molar-refractivity contribution in [2.24, 2.45) is 0 Å². The Morgan fingerprint density at radius 1 is 1.25 bits per heavy atom. The fraction of sp³-hybridized carbons (Fsp3) is 0.375. The molecule has 0 spiro atoms. The van der Waals surface area contributed by atoms with Crippen molar-refractivity contribution in [1.29, 1.82) is 0 Å². The number of nitrogens with zero attached hydrogens (tertiary/aromatic N) is 2. The van der Waals surface area contributed by atoms with Gasteiger partial charge in [0.25, 0.3) is 11.6 Å². The van der Waals surface area contributed by atoms with Crippen molar-refractivity contribution in [3.8, 4) is 0 Å². The van der Waals surface area contributed by atoms with E-state index in [1.807, 2.05) is 13.8 Å². The lowest BCUT2D eigenvalue weighted by Crippen LogP contribution is -2.47. The number of non-ortho nitro benzene ring substituents is 1. The minimum Gasteiger partial charge on any atom is -0.339 e. The van der Waals surface area contributed by atoms with Gasteiger partial charge in [-0.1, -0.05) is 0 Å². The molecule has 3 amide bonds. The molecule has 0 radical (unpaired) electrons. The van der Waals surface area contributed by atoms with Crippen LogP contribution in [0.4, 0.5) is 10.5 Å². The molecule has 0 unspecified atom stereocenters. The van der Waals surface area contributed by atoms with Crippen LogP contribution in [-0.4, -0.2) is 34.9 Å². The number of nitrogens with one attached hydrogen (secondary N) is 2. The monoisotopic (exact) mass is 332 g/mol. The van der Waals surface area contributed by atoms with Crippen LogP contribution >= 0.6 is 0 Å². The maximum Gasteiger partial charge on any atom is 0.319 e. The number of carbonyl (C=O) groups is 2. The van der Waals surface area contributed by atoms with Crippen molar-refractivity contribution in [2.45, 2.75) is 26.8 Å². The summed E-state index contributed by atoms with van der Waals surface area (Å²) in [5, 5.41) is 16.1. The van der Waals surface area contributed by atoms with Gasteiger partial charge in [0.1, 0.15) is 0 Å². The van der Waals surface area contributed by atoms with Gasteiger partial charge in [-0.2, -0.15) is 0 Å². The van der Waals surface area contributed by atoms with E-state index < -0.39 is 17.0 Å². The number of urea groups is 1. The van der Waals surface area contributed by atoms with Crippen LogP contribution in [0.3, 0.4) is 0 Å². The molecular formula is C16H20N4O4. The molecule has 0 aromatic heterocycles. The Labute approximate surface area is 139 Å². The molecule has 2 rings (SSSR count). The van der Waals surface area contributed by atoms with E-state index in [-0.39, 0.29) is 11.6 Å². The SMILES string of the molecule is CCN(CC)C(=O)C1=C(C)NC(=O)N[C@H]1c1ccc([N+](=O)[O-])cc1. The highest BCUT2D eigenvalue weighted by atomic mass is 16.6. The number of nitro groups is 1. The Balaban J connectivity index is 2.44. The molecule has 0 fully saturated rings. The molecule has 1 heterocycles. The summed E-state index contributed by atoms with van der Waals surface area (Å²) >= 11 is 0.